The van der Waals surface area contributed by atoms with E-state index in [1.165, 1.54) is 0 Å². The number of carbonyl (C=O) groups is 1. The van der Waals surface area contributed by atoms with Gasteiger partial charge in [-0.25, -0.2) is 4.79 Å². The van der Waals surface area contributed by atoms with Crippen LogP contribution in [-0.4, -0.2) is 34.0 Å². The zero-order valence-electron chi connectivity index (χ0n) is 6.52. The van der Waals surface area contributed by atoms with Crippen molar-refractivity contribution in [3.8, 4) is 0 Å². The standard InChI is InChI=1S/C7H10O5/c1-3(2-8)6-4(9)5(10)7(11)12-6/h3,6,8-10H,2H2,1H3/t3?,6-/m1/s1. The van der Waals surface area contributed by atoms with E-state index in [9.17, 15) is 4.79 Å². The van der Waals surface area contributed by atoms with E-state index in [0.29, 0.717) is 0 Å². The maximum atomic E-state index is 10.6. The van der Waals surface area contributed by atoms with Gasteiger partial charge in [0.1, 0.15) is 0 Å². The monoisotopic (exact) mass is 174 g/mol. The van der Waals surface area contributed by atoms with Crippen LogP contribution < -0.4 is 0 Å². The third-order valence-electron chi connectivity index (χ3n) is 1.74. The Bertz CT molecular complexity index is 232. The van der Waals surface area contributed by atoms with E-state index in [-0.39, 0.29) is 6.61 Å². The smallest absolute Gasteiger partial charge is 0.377 e. The molecule has 0 saturated heterocycles. The molecule has 0 spiro atoms. The topological polar surface area (TPSA) is 87.0 Å². The van der Waals surface area contributed by atoms with Gasteiger partial charge in [0, 0.05) is 12.5 Å². The third-order valence-corrected chi connectivity index (χ3v) is 1.74. The highest BCUT2D eigenvalue weighted by molar-refractivity contribution is 5.89. The fourth-order valence-corrected chi connectivity index (χ4v) is 0.948. The molecule has 0 aromatic carbocycles. The fraction of sp³-hybridized carbons (Fsp3) is 0.571. The van der Waals surface area contributed by atoms with Gasteiger partial charge in [-0.2, -0.15) is 0 Å². The van der Waals surface area contributed by atoms with Crippen LogP contribution in [0.3, 0.4) is 0 Å². The molecule has 68 valence electrons. The summed E-state index contributed by atoms with van der Waals surface area (Å²) in [6, 6.07) is 0. The second-order valence-electron chi connectivity index (χ2n) is 2.72. The molecule has 0 saturated carbocycles. The lowest BCUT2D eigenvalue weighted by Gasteiger charge is -2.14. The van der Waals surface area contributed by atoms with Gasteiger partial charge in [-0.1, -0.05) is 6.92 Å². The van der Waals surface area contributed by atoms with Crippen molar-refractivity contribution in [3.63, 3.8) is 0 Å². The molecule has 1 rings (SSSR count). The van der Waals surface area contributed by atoms with E-state index in [1.807, 2.05) is 0 Å². The predicted octanol–water partition coefficient (Wildman–Crippen LogP) is -0.132. The van der Waals surface area contributed by atoms with Gasteiger partial charge >= 0.3 is 5.97 Å². The van der Waals surface area contributed by atoms with Gasteiger partial charge in [0.2, 0.25) is 5.76 Å². The molecule has 0 aromatic heterocycles. The molecular weight excluding hydrogens is 164 g/mol. The van der Waals surface area contributed by atoms with Crippen molar-refractivity contribution in [1.29, 1.82) is 0 Å². The number of ether oxygens (including phenoxy) is 1. The number of hydrogen-bond acceptors (Lipinski definition) is 5. The molecule has 3 N–H and O–H groups in total. The molecule has 1 unspecified atom stereocenters. The number of cyclic esters (lactones) is 1. The molecule has 1 aliphatic rings. The number of aliphatic hydroxyl groups is 3. The quantitative estimate of drug-likeness (QED) is 0.507. The first kappa shape index (κ1) is 8.86. The van der Waals surface area contributed by atoms with Crippen LogP contribution >= 0.6 is 0 Å². The Balaban J connectivity index is 2.80. The van der Waals surface area contributed by atoms with Crippen LogP contribution in [0.15, 0.2) is 11.5 Å². The summed E-state index contributed by atoms with van der Waals surface area (Å²) in [5.41, 5.74) is 0. The molecule has 1 aliphatic heterocycles. The van der Waals surface area contributed by atoms with Gasteiger partial charge in [-0.3, -0.25) is 0 Å². The zero-order chi connectivity index (χ0) is 9.30. The fourth-order valence-electron chi connectivity index (χ4n) is 0.948. The predicted molar refractivity (Wildman–Crippen MR) is 38.4 cm³/mol. The Morgan fingerprint density at radius 3 is 2.50 bits per heavy atom. The molecule has 12 heavy (non-hydrogen) atoms. The Labute approximate surface area is 68.9 Å². The lowest BCUT2D eigenvalue weighted by molar-refractivity contribution is -0.144. The molecule has 0 aliphatic carbocycles. The van der Waals surface area contributed by atoms with Crippen LogP contribution in [0.5, 0.6) is 0 Å². The molecule has 2 atom stereocenters. The van der Waals surface area contributed by atoms with Crippen molar-refractivity contribution in [2.45, 2.75) is 13.0 Å². The molecule has 0 fully saturated rings. The summed E-state index contributed by atoms with van der Waals surface area (Å²) in [6.07, 6.45) is -0.914. The van der Waals surface area contributed by atoms with E-state index in [0.717, 1.165) is 0 Å². The van der Waals surface area contributed by atoms with Crippen LogP contribution in [0.25, 0.3) is 0 Å². The first-order chi connectivity index (χ1) is 5.57. The number of esters is 1. The SMILES string of the molecule is CC(CO)[C@H]1OC(=O)C(O)=C1O. The van der Waals surface area contributed by atoms with Crippen molar-refractivity contribution in [3.05, 3.63) is 11.5 Å². The van der Waals surface area contributed by atoms with Crippen LogP contribution in [0.2, 0.25) is 0 Å². The summed E-state index contributed by atoms with van der Waals surface area (Å²) in [4.78, 5) is 10.6. The molecular formula is C7H10O5. The van der Waals surface area contributed by atoms with Crippen molar-refractivity contribution in [2.75, 3.05) is 6.61 Å². The van der Waals surface area contributed by atoms with Gasteiger partial charge in [-0.15, -0.1) is 0 Å². The summed E-state index contributed by atoms with van der Waals surface area (Å²) >= 11 is 0. The van der Waals surface area contributed by atoms with Crippen molar-refractivity contribution in [1.82, 2.24) is 0 Å². The van der Waals surface area contributed by atoms with Crippen molar-refractivity contribution < 1.29 is 24.9 Å². The van der Waals surface area contributed by atoms with Gasteiger partial charge in [0.15, 0.2) is 11.9 Å². The van der Waals surface area contributed by atoms with E-state index < -0.39 is 29.5 Å². The third kappa shape index (κ3) is 1.23. The second kappa shape index (κ2) is 3.02. The van der Waals surface area contributed by atoms with Crippen LogP contribution in [-0.2, 0) is 9.53 Å². The molecule has 0 bridgehead atoms. The molecule has 0 aromatic rings. The highest BCUT2D eigenvalue weighted by atomic mass is 16.6. The summed E-state index contributed by atoms with van der Waals surface area (Å²) in [7, 11) is 0. The minimum Gasteiger partial charge on any atom is -0.505 e. The maximum absolute atomic E-state index is 10.6. The summed E-state index contributed by atoms with van der Waals surface area (Å²) in [6.45, 7) is 1.36. The average molecular weight is 174 g/mol. The number of carbonyl (C=O) groups excluding carboxylic acids is 1. The van der Waals surface area contributed by atoms with Gasteiger partial charge < -0.3 is 20.1 Å². The minimum absolute atomic E-state index is 0.227. The average Bonchev–Trinajstić information content (AvgIpc) is 2.32. The van der Waals surface area contributed by atoms with Crippen LogP contribution in [0.4, 0.5) is 0 Å². The summed E-state index contributed by atoms with van der Waals surface area (Å²) < 4.78 is 4.57. The molecule has 5 nitrogen and oxygen atoms in total. The molecule has 5 heteroatoms. The molecule has 1 heterocycles. The normalized spacial score (nSPS) is 25.8. The highest BCUT2D eigenvalue weighted by Gasteiger charge is 2.37. The first-order valence-electron chi connectivity index (χ1n) is 3.51. The van der Waals surface area contributed by atoms with Crippen molar-refractivity contribution >= 4 is 5.97 Å². The second-order valence-corrected chi connectivity index (χ2v) is 2.72. The Kier molecular flexibility index (Phi) is 2.23. The minimum atomic E-state index is -0.946. The van der Waals surface area contributed by atoms with E-state index >= 15 is 0 Å². The number of hydrogen-bond donors (Lipinski definition) is 3. The largest absolute Gasteiger partial charge is 0.505 e. The molecule has 0 amide bonds. The van der Waals surface area contributed by atoms with Crippen LogP contribution in [0, 0.1) is 5.92 Å². The first-order valence-corrected chi connectivity index (χ1v) is 3.51. The van der Waals surface area contributed by atoms with Gasteiger partial charge in [0.05, 0.1) is 0 Å². The lowest BCUT2D eigenvalue weighted by atomic mass is 10.1. The number of aliphatic hydroxyl groups excluding tert-OH is 3. The maximum Gasteiger partial charge on any atom is 0.377 e. The lowest BCUT2D eigenvalue weighted by Crippen LogP contribution is -2.23. The Morgan fingerprint density at radius 2 is 2.17 bits per heavy atom. The van der Waals surface area contributed by atoms with Crippen molar-refractivity contribution in [2.24, 2.45) is 5.92 Å². The van der Waals surface area contributed by atoms with Gasteiger partial charge in [0.25, 0.3) is 0 Å². The summed E-state index contributed by atoms with van der Waals surface area (Å²) in [5, 5.41) is 26.6. The highest BCUT2D eigenvalue weighted by Crippen LogP contribution is 2.24. The van der Waals surface area contributed by atoms with Crippen LogP contribution in [0.1, 0.15) is 6.92 Å². The van der Waals surface area contributed by atoms with E-state index in [4.69, 9.17) is 15.3 Å². The Hall–Kier alpha value is -1.23. The molecule has 0 radical (unpaired) electrons. The van der Waals surface area contributed by atoms with E-state index in [2.05, 4.69) is 4.74 Å². The van der Waals surface area contributed by atoms with E-state index in [1.54, 1.807) is 6.92 Å². The zero-order valence-corrected chi connectivity index (χ0v) is 6.52. The van der Waals surface area contributed by atoms with Gasteiger partial charge in [-0.05, 0) is 0 Å². The number of rotatable bonds is 2. The Morgan fingerprint density at radius 1 is 1.58 bits per heavy atom. The summed E-state index contributed by atoms with van der Waals surface area (Å²) in [5.74, 6) is -2.63.